The Morgan fingerprint density at radius 2 is 2.41 bits per heavy atom. The highest BCUT2D eigenvalue weighted by Crippen LogP contribution is 2.13. The lowest BCUT2D eigenvalue weighted by Gasteiger charge is -2.28. The Hall–Kier alpha value is -1.51. The molecular formula is C14H18BN3O3S. The largest absolute Gasteiger partial charge is 0.391 e. The molecule has 2 aromatic heterocycles. The SMILES string of the molecule is Bc1cc2ncn(CC(=O)CC3NCCCC3O)c(=O)c2s1. The number of aromatic nitrogens is 2. The van der Waals surface area contributed by atoms with Crippen molar-refractivity contribution in [2.24, 2.45) is 0 Å². The lowest BCUT2D eigenvalue weighted by atomic mass is 9.97. The third-order valence-corrected chi connectivity index (χ3v) is 5.00. The van der Waals surface area contributed by atoms with Crippen LogP contribution in [-0.2, 0) is 11.3 Å². The molecule has 0 saturated carbocycles. The zero-order chi connectivity index (χ0) is 15.7. The molecule has 2 aromatic rings. The summed E-state index contributed by atoms with van der Waals surface area (Å²) < 4.78 is 2.97. The first-order valence-electron chi connectivity index (χ1n) is 7.43. The molecule has 2 atom stereocenters. The minimum Gasteiger partial charge on any atom is -0.391 e. The van der Waals surface area contributed by atoms with E-state index in [1.807, 2.05) is 13.9 Å². The van der Waals surface area contributed by atoms with Gasteiger partial charge in [-0.15, -0.1) is 11.3 Å². The average molecular weight is 319 g/mol. The summed E-state index contributed by atoms with van der Waals surface area (Å²) in [6.45, 7) is 0.820. The van der Waals surface area contributed by atoms with E-state index in [1.165, 1.54) is 22.2 Å². The van der Waals surface area contributed by atoms with Crippen LogP contribution in [0.2, 0.25) is 0 Å². The second-order valence-corrected chi connectivity index (χ2v) is 7.02. The van der Waals surface area contributed by atoms with Crippen molar-refractivity contribution in [1.82, 2.24) is 14.9 Å². The number of ketones is 1. The molecule has 8 heteroatoms. The highest BCUT2D eigenvalue weighted by atomic mass is 32.1. The van der Waals surface area contributed by atoms with E-state index in [0.29, 0.717) is 16.6 Å². The maximum atomic E-state index is 12.3. The lowest BCUT2D eigenvalue weighted by Crippen LogP contribution is -2.46. The van der Waals surface area contributed by atoms with E-state index in [0.717, 1.165) is 17.7 Å². The molecule has 0 aliphatic carbocycles. The first kappa shape index (κ1) is 15.4. The van der Waals surface area contributed by atoms with E-state index >= 15 is 0 Å². The summed E-state index contributed by atoms with van der Waals surface area (Å²) >= 11 is 1.40. The zero-order valence-corrected chi connectivity index (χ0v) is 13.2. The fourth-order valence-electron chi connectivity index (χ4n) is 2.82. The summed E-state index contributed by atoms with van der Waals surface area (Å²) in [5.74, 6) is -0.0741. The molecule has 0 spiro atoms. The van der Waals surface area contributed by atoms with Crippen LogP contribution in [0.5, 0.6) is 0 Å². The van der Waals surface area contributed by atoms with Crippen molar-refractivity contribution in [3.63, 3.8) is 0 Å². The van der Waals surface area contributed by atoms with Gasteiger partial charge in [0.1, 0.15) is 4.70 Å². The lowest BCUT2D eigenvalue weighted by molar-refractivity contribution is -0.121. The predicted molar refractivity (Wildman–Crippen MR) is 88.7 cm³/mol. The number of aliphatic hydroxyl groups excluding tert-OH is 1. The molecule has 22 heavy (non-hydrogen) atoms. The Bertz CT molecular complexity index is 757. The number of nitrogens with one attached hydrogen (secondary N) is 1. The zero-order valence-electron chi connectivity index (χ0n) is 12.4. The molecule has 116 valence electrons. The van der Waals surface area contributed by atoms with Gasteiger partial charge in [-0.3, -0.25) is 14.2 Å². The van der Waals surface area contributed by atoms with Crippen molar-refractivity contribution in [2.75, 3.05) is 6.54 Å². The molecule has 2 unspecified atom stereocenters. The molecule has 6 nitrogen and oxygen atoms in total. The smallest absolute Gasteiger partial charge is 0.271 e. The summed E-state index contributed by atoms with van der Waals surface area (Å²) in [5.41, 5.74) is 0.508. The van der Waals surface area contributed by atoms with Crippen LogP contribution < -0.4 is 15.7 Å². The molecule has 2 N–H and O–H groups in total. The number of piperidine rings is 1. The second-order valence-electron chi connectivity index (χ2n) is 5.76. The molecule has 3 heterocycles. The first-order valence-corrected chi connectivity index (χ1v) is 8.25. The van der Waals surface area contributed by atoms with Gasteiger partial charge < -0.3 is 10.4 Å². The molecule has 0 radical (unpaired) electrons. The van der Waals surface area contributed by atoms with Crippen LogP contribution in [0.1, 0.15) is 19.3 Å². The quantitative estimate of drug-likeness (QED) is 0.691. The van der Waals surface area contributed by atoms with Crippen molar-refractivity contribution in [2.45, 2.75) is 38.0 Å². The third kappa shape index (κ3) is 3.13. The second kappa shape index (κ2) is 6.32. The van der Waals surface area contributed by atoms with Gasteiger partial charge in [0.15, 0.2) is 13.6 Å². The van der Waals surface area contributed by atoms with Crippen molar-refractivity contribution in [3.8, 4) is 0 Å². The number of hydrogen-bond donors (Lipinski definition) is 2. The van der Waals surface area contributed by atoms with Crippen LogP contribution in [0.15, 0.2) is 17.2 Å². The molecule has 0 amide bonds. The van der Waals surface area contributed by atoms with Gasteiger partial charge in [-0.25, -0.2) is 4.98 Å². The van der Waals surface area contributed by atoms with E-state index in [4.69, 9.17) is 0 Å². The Kier molecular flexibility index (Phi) is 4.42. The van der Waals surface area contributed by atoms with Gasteiger partial charge in [0, 0.05) is 12.5 Å². The fraction of sp³-hybridized carbons (Fsp3) is 0.500. The van der Waals surface area contributed by atoms with Gasteiger partial charge in [-0.05, 0) is 30.2 Å². The summed E-state index contributed by atoms with van der Waals surface area (Å²) in [5, 5.41) is 13.1. The topological polar surface area (TPSA) is 84.2 Å². The number of thiophene rings is 1. The number of fused-ring (bicyclic) bond motifs is 1. The minimum absolute atomic E-state index is 0.00359. The summed E-state index contributed by atoms with van der Waals surface area (Å²) in [6.07, 6.45) is 2.81. The predicted octanol–water partition coefficient (Wildman–Crippen LogP) is -1.21. The molecule has 1 aliphatic heterocycles. The van der Waals surface area contributed by atoms with E-state index < -0.39 is 6.10 Å². The van der Waals surface area contributed by atoms with E-state index in [1.54, 1.807) is 0 Å². The van der Waals surface area contributed by atoms with Crippen molar-refractivity contribution in [1.29, 1.82) is 0 Å². The average Bonchev–Trinajstić information content (AvgIpc) is 2.86. The number of Topliss-reactive ketones (excluding diaryl/α,β-unsaturated/α-hetero) is 1. The van der Waals surface area contributed by atoms with Crippen LogP contribution in [0.25, 0.3) is 10.2 Å². The summed E-state index contributed by atoms with van der Waals surface area (Å²) in [6, 6.07) is 1.66. The third-order valence-electron chi connectivity index (χ3n) is 3.97. The highest BCUT2D eigenvalue weighted by Gasteiger charge is 2.25. The van der Waals surface area contributed by atoms with Crippen molar-refractivity contribution >= 4 is 40.0 Å². The van der Waals surface area contributed by atoms with Gasteiger partial charge in [0.25, 0.3) is 5.56 Å². The van der Waals surface area contributed by atoms with Gasteiger partial charge >= 0.3 is 0 Å². The molecule has 1 aliphatic rings. The Morgan fingerprint density at radius 1 is 1.59 bits per heavy atom. The molecule has 1 saturated heterocycles. The normalized spacial score (nSPS) is 22.0. The summed E-state index contributed by atoms with van der Waals surface area (Å²) in [4.78, 5) is 28.8. The minimum atomic E-state index is -0.491. The number of aliphatic hydroxyl groups is 1. The maximum Gasteiger partial charge on any atom is 0.271 e. The number of rotatable bonds is 4. The van der Waals surface area contributed by atoms with Gasteiger partial charge in [0.05, 0.1) is 24.5 Å². The van der Waals surface area contributed by atoms with Gasteiger partial charge in [-0.1, -0.05) is 0 Å². The number of nitrogens with zero attached hydrogens (tertiary/aromatic N) is 2. The number of hydrogen-bond acceptors (Lipinski definition) is 6. The van der Waals surface area contributed by atoms with E-state index in [2.05, 4.69) is 10.3 Å². The standard InChI is InChI=1S/C14H18BN3O3S/c15-12-5-10-13(22-12)14(21)18(7-17-10)6-8(19)4-9-11(20)2-1-3-16-9/h5,7,9,11,16,20H,1-4,6,15H2. The van der Waals surface area contributed by atoms with Crippen LogP contribution >= 0.6 is 11.3 Å². The highest BCUT2D eigenvalue weighted by molar-refractivity contribution is 7.26. The molecule has 0 bridgehead atoms. The number of carbonyl (C=O) groups excluding carboxylic acids is 1. The van der Waals surface area contributed by atoms with E-state index in [-0.39, 0.29) is 30.3 Å². The molecule has 3 rings (SSSR count). The van der Waals surface area contributed by atoms with Crippen LogP contribution in [0.4, 0.5) is 0 Å². The fourth-order valence-corrected chi connectivity index (χ4v) is 3.73. The van der Waals surface area contributed by atoms with Gasteiger partial charge in [-0.2, -0.15) is 0 Å². The Balaban J connectivity index is 1.73. The Labute approximate surface area is 132 Å². The Morgan fingerprint density at radius 3 is 3.18 bits per heavy atom. The van der Waals surface area contributed by atoms with Gasteiger partial charge in [0.2, 0.25) is 0 Å². The van der Waals surface area contributed by atoms with E-state index in [9.17, 15) is 14.7 Å². The van der Waals surface area contributed by atoms with Crippen molar-refractivity contribution in [3.05, 3.63) is 22.7 Å². The van der Waals surface area contributed by atoms with Crippen LogP contribution in [-0.4, -0.2) is 47.0 Å². The van der Waals surface area contributed by atoms with Crippen LogP contribution in [0, 0.1) is 0 Å². The maximum absolute atomic E-state index is 12.3. The molecule has 0 aromatic carbocycles. The van der Waals surface area contributed by atoms with Crippen LogP contribution in [0.3, 0.4) is 0 Å². The number of carbonyl (C=O) groups is 1. The molecular weight excluding hydrogens is 301 g/mol. The monoisotopic (exact) mass is 319 g/mol. The summed E-state index contributed by atoms with van der Waals surface area (Å²) in [7, 11) is 1.93. The van der Waals surface area contributed by atoms with Crippen molar-refractivity contribution < 1.29 is 9.90 Å². The molecule has 1 fully saturated rings. The first-order chi connectivity index (χ1) is 10.5.